The van der Waals surface area contributed by atoms with Crippen molar-refractivity contribution in [3.05, 3.63) is 33.7 Å². The molecule has 1 rings (SSSR count). The van der Waals surface area contributed by atoms with Gasteiger partial charge in [-0.15, -0.1) is 0 Å². The van der Waals surface area contributed by atoms with Crippen LogP contribution in [0.15, 0.2) is 17.1 Å². The third kappa shape index (κ3) is 1.93. The van der Waals surface area contributed by atoms with Crippen LogP contribution in [0.25, 0.3) is 0 Å². The zero-order chi connectivity index (χ0) is 10.9. The Balaban J connectivity index is 3.27. The Morgan fingerprint density at radius 3 is 2.36 bits per heavy atom. The van der Waals surface area contributed by atoms with Gasteiger partial charge >= 0.3 is 12.1 Å². The van der Waals surface area contributed by atoms with Crippen LogP contribution in [-0.2, 0) is 6.18 Å². The summed E-state index contributed by atoms with van der Waals surface area (Å²) in [7, 11) is 0. The van der Waals surface area contributed by atoms with E-state index >= 15 is 0 Å². The van der Waals surface area contributed by atoms with E-state index in [1.165, 1.54) is 0 Å². The number of H-pyrrole nitrogens is 1. The summed E-state index contributed by atoms with van der Waals surface area (Å²) in [6.45, 7) is 0. The molecular formula is C7H4F3NO3. The van der Waals surface area contributed by atoms with E-state index in [0.29, 0.717) is 6.20 Å². The monoisotopic (exact) mass is 207 g/mol. The molecule has 0 spiro atoms. The second kappa shape index (κ2) is 3.17. The minimum Gasteiger partial charge on any atom is -0.477 e. The Kier molecular flexibility index (Phi) is 2.33. The molecule has 0 atom stereocenters. The molecule has 0 saturated carbocycles. The minimum absolute atomic E-state index is 0.212. The van der Waals surface area contributed by atoms with Gasteiger partial charge in [0.05, 0.1) is 0 Å². The molecule has 7 heteroatoms. The summed E-state index contributed by atoms with van der Waals surface area (Å²) in [5.41, 5.74) is -3.17. The fraction of sp³-hybridized carbons (Fsp3) is 0.143. The standard InChI is InChI=1S/C7H4F3NO3/c8-7(9,10)5-1-4(12)3(2-11-5)6(13)14/h1-2H,(H,11,12)(H,13,14). The van der Waals surface area contributed by atoms with Crippen LogP contribution in [0, 0.1) is 0 Å². The summed E-state index contributed by atoms with van der Waals surface area (Å²) < 4.78 is 35.9. The van der Waals surface area contributed by atoms with Crippen LogP contribution < -0.4 is 5.43 Å². The van der Waals surface area contributed by atoms with E-state index in [2.05, 4.69) is 0 Å². The Morgan fingerprint density at radius 2 is 2.00 bits per heavy atom. The van der Waals surface area contributed by atoms with Gasteiger partial charge in [-0.3, -0.25) is 4.79 Å². The summed E-state index contributed by atoms with van der Waals surface area (Å²) in [6, 6.07) is 0.212. The van der Waals surface area contributed by atoms with Crippen LogP contribution in [0.4, 0.5) is 13.2 Å². The number of hydrogen-bond acceptors (Lipinski definition) is 2. The van der Waals surface area contributed by atoms with Crippen LogP contribution in [-0.4, -0.2) is 16.1 Å². The van der Waals surface area contributed by atoms with Crippen molar-refractivity contribution >= 4 is 5.97 Å². The summed E-state index contributed by atoms with van der Waals surface area (Å²) in [5, 5.41) is 8.36. The van der Waals surface area contributed by atoms with Crippen molar-refractivity contribution in [2.75, 3.05) is 0 Å². The lowest BCUT2D eigenvalue weighted by molar-refractivity contribution is -0.141. The molecule has 76 valence electrons. The van der Waals surface area contributed by atoms with Gasteiger partial charge in [-0.1, -0.05) is 0 Å². The highest BCUT2D eigenvalue weighted by molar-refractivity contribution is 5.86. The fourth-order valence-corrected chi connectivity index (χ4v) is 0.802. The van der Waals surface area contributed by atoms with Crippen molar-refractivity contribution < 1.29 is 23.1 Å². The molecule has 0 unspecified atom stereocenters. The molecular weight excluding hydrogens is 203 g/mol. The van der Waals surface area contributed by atoms with Crippen molar-refractivity contribution in [1.29, 1.82) is 0 Å². The Hall–Kier alpha value is -1.79. The molecule has 0 aromatic carbocycles. The summed E-state index contributed by atoms with van der Waals surface area (Å²) >= 11 is 0. The second-order valence-corrected chi connectivity index (χ2v) is 2.43. The van der Waals surface area contributed by atoms with E-state index in [0.717, 1.165) is 0 Å². The van der Waals surface area contributed by atoms with Gasteiger partial charge in [0.15, 0.2) is 5.43 Å². The third-order valence-corrected chi connectivity index (χ3v) is 1.45. The Morgan fingerprint density at radius 1 is 1.43 bits per heavy atom. The number of carbonyl (C=O) groups is 1. The molecule has 1 aromatic heterocycles. The number of hydrogen-bond donors (Lipinski definition) is 2. The van der Waals surface area contributed by atoms with E-state index in [1.54, 1.807) is 4.98 Å². The highest BCUT2D eigenvalue weighted by atomic mass is 19.4. The fourth-order valence-electron chi connectivity index (χ4n) is 0.802. The van der Waals surface area contributed by atoms with E-state index in [4.69, 9.17) is 5.11 Å². The van der Waals surface area contributed by atoms with Gasteiger partial charge in [0.2, 0.25) is 0 Å². The lowest BCUT2D eigenvalue weighted by Gasteiger charge is -2.05. The Bertz CT molecular complexity index is 421. The predicted molar refractivity (Wildman–Crippen MR) is 39.0 cm³/mol. The second-order valence-electron chi connectivity index (χ2n) is 2.43. The largest absolute Gasteiger partial charge is 0.477 e. The van der Waals surface area contributed by atoms with Crippen molar-refractivity contribution in [1.82, 2.24) is 4.98 Å². The number of carboxylic acids is 1. The zero-order valence-corrected chi connectivity index (χ0v) is 6.55. The molecule has 1 heterocycles. The maximum absolute atomic E-state index is 12.0. The van der Waals surface area contributed by atoms with E-state index in [9.17, 15) is 22.8 Å². The molecule has 2 N–H and O–H groups in total. The maximum Gasteiger partial charge on any atom is 0.431 e. The number of nitrogens with one attached hydrogen (secondary N) is 1. The summed E-state index contributed by atoms with van der Waals surface area (Å²) in [4.78, 5) is 22.8. The van der Waals surface area contributed by atoms with Gasteiger partial charge in [0.25, 0.3) is 0 Å². The van der Waals surface area contributed by atoms with Gasteiger partial charge < -0.3 is 10.1 Å². The van der Waals surface area contributed by atoms with Crippen LogP contribution in [0.2, 0.25) is 0 Å². The number of aromatic nitrogens is 1. The first kappa shape index (κ1) is 10.3. The van der Waals surface area contributed by atoms with Gasteiger partial charge in [0.1, 0.15) is 11.3 Å². The summed E-state index contributed by atoms with van der Waals surface area (Å²) in [6.07, 6.45) is -4.16. The Labute approximate surface area is 75.0 Å². The van der Waals surface area contributed by atoms with Crippen LogP contribution in [0.3, 0.4) is 0 Å². The number of halogens is 3. The molecule has 0 fully saturated rings. The SMILES string of the molecule is O=C(O)c1c[nH]c(C(F)(F)F)cc1=O. The maximum atomic E-state index is 12.0. The molecule has 0 aliphatic rings. The van der Waals surface area contributed by atoms with Crippen LogP contribution in [0.5, 0.6) is 0 Å². The lowest BCUT2D eigenvalue weighted by atomic mass is 10.2. The average molecular weight is 207 g/mol. The van der Waals surface area contributed by atoms with E-state index in [1.807, 2.05) is 0 Å². The van der Waals surface area contributed by atoms with Crippen LogP contribution in [0.1, 0.15) is 16.1 Å². The third-order valence-electron chi connectivity index (χ3n) is 1.45. The van der Waals surface area contributed by atoms with Gasteiger partial charge in [0, 0.05) is 12.3 Å². The molecule has 4 nitrogen and oxygen atoms in total. The first-order valence-electron chi connectivity index (χ1n) is 3.35. The number of rotatable bonds is 1. The molecule has 1 aromatic rings. The van der Waals surface area contributed by atoms with Gasteiger partial charge in [-0.25, -0.2) is 4.79 Å². The van der Waals surface area contributed by atoms with E-state index in [-0.39, 0.29) is 6.07 Å². The molecule has 0 aliphatic heterocycles. The van der Waals surface area contributed by atoms with Crippen molar-refractivity contribution in [2.24, 2.45) is 0 Å². The number of pyridine rings is 1. The van der Waals surface area contributed by atoms with Gasteiger partial charge in [-0.05, 0) is 0 Å². The van der Waals surface area contributed by atoms with Crippen LogP contribution >= 0.6 is 0 Å². The highest BCUT2D eigenvalue weighted by Crippen LogP contribution is 2.26. The topological polar surface area (TPSA) is 70.2 Å². The zero-order valence-electron chi connectivity index (χ0n) is 6.55. The van der Waals surface area contributed by atoms with Crippen molar-refractivity contribution in [2.45, 2.75) is 6.18 Å². The van der Waals surface area contributed by atoms with Crippen molar-refractivity contribution in [3.63, 3.8) is 0 Å². The lowest BCUT2D eigenvalue weighted by Crippen LogP contribution is -2.19. The first-order chi connectivity index (χ1) is 6.32. The smallest absolute Gasteiger partial charge is 0.431 e. The molecule has 0 bridgehead atoms. The normalized spacial score (nSPS) is 11.4. The molecule has 0 amide bonds. The van der Waals surface area contributed by atoms with Crippen molar-refractivity contribution in [3.8, 4) is 0 Å². The number of alkyl halides is 3. The molecule has 0 saturated heterocycles. The molecule has 0 radical (unpaired) electrons. The van der Waals surface area contributed by atoms with Gasteiger partial charge in [-0.2, -0.15) is 13.2 Å². The molecule has 0 aliphatic carbocycles. The highest BCUT2D eigenvalue weighted by Gasteiger charge is 2.32. The number of carboxylic acid groups (broad SMARTS) is 1. The predicted octanol–water partition coefficient (Wildman–Crippen LogP) is 1.09. The molecule has 14 heavy (non-hydrogen) atoms. The summed E-state index contributed by atoms with van der Waals surface area (Å²) in [5.74, 6) is -1.57. The minimum atomic E-state index is -4.68. The first-order valence-corrected chi connectivity index (χ1v) is 3.35. The number of aromatic amines is 1. The van der Waals surface area contributed by atoms with E-state index < -0.39 is 28.8 Å². The quantitative estimate of drug-likeness (QED) is 0.724. The average Bonchev–Trinajstić information content (AvgIpc) is 2.01. The number of aromatic carboxylic acids is 1.